The van der Waals surface area contributed by atoms with Crippen LogP contribution in [0, 0.1) is 0 Å². The van der Waals surface area contributed by atoms with E-state index in [2.05, 4.69) is 17.4 Å². The SMILES string of the molecule is O=C(O)CCC(=O)NCc1cccc(-c2cccc([C@H]3O[C@@H](CSc4nc5ccccc5s4)C[C@@H](c4ccc(CO)cc4)O3)c2)c1. The van der Waals surface area contributed by atoms with Gasteiger partial charge in [0.05, 0.1) is 35.5 Å². The van der Waals surface area contributed by atoms with Crippen LogP contribution in [-0.2, 0) is 32.2 Å². The lowest BCUT2D eigenvalue weighted by Crippen LogP contribution is -2.31. The molecule has 3 atom stereocenters. The Hall–Kier alpha value is -4.06. The zero-order chi connectivity index (χ0) is 31.9. The number of carboxylic acids is 1. The van der Waals surface area contributed by atoms with Gasteiger partial charge in [-0.05, 0) is 52.1 Å². The number of nitrogens with one attached hydrogen (secondary N) is 1. The van der Waals surface area contributed by atoms with Crippen molar-refractivity contribution in [3.05, 3.63) is 119 Å². The van der Waals surface area contributed by atoms with Gasteiger partial charge in [0, 0.05) is 30.7 Å². The van der Waals surface area contributed by atoms with Crippen LogP contribution in [-0.4, -0.2) is 38.9 Å². The van der Waals surface area contributed by atoms with Gasteiger partial charge in [0.1, 0.15) is 0 Å². The van der Waals surface area contributed by atoms with Crippen molar-refractivity contribution >= 4 is 45.2 Å². The second-order valence-electron chi connectivity index (χ2n) is 11.1. The molecule has 2 heterocycles. The summed E-state index contributed by atoms with van der Waals surface area (Å²) in [6.45, 7) is 0.301. The Labute approximate surface area is 275 Å². The fraction of sp³-hybridized carbons (Fsp3) is 0.250. The molecule has 0 saturated carbocycles. The smallest absolute Gasteiger partial charge is 0.303 e. The first kappa shape index (κ1) is 31.9. The molecule has 0 radical (unpaired) electrons. The molecule has 4 aromatic carbocycles. The third-order valence-corrected chi connectivity index (χ3v) is 10.1. The third kappa shape index (κ3) is 8.20. The number of aromatic nitrogens is 1. The van der Waals surface area contributed by atoms with Crippen molar-refractivity contribution in [2.45, 2.75) is 55.3 Å². The monoisotopic (exact) mass is 654 g/mol. The van der Waals surface area contributed by atoms with Gasteiger partial charge in [-0.3, -0.25) is 9.59 Å². The fourth-order valence-corrected chi connectivity index (χ4v) is 7.45. The normalized spacial score (nSPS) is 18.0. The van der Waals surface area contributed by atoms with Gasteiger partial charge >= 0.3 is 5.97 Å². The van der Waals surface area contributed by atoms with E-state index in [0.717, 1.165) is 49.0 Å². The molecule has 46 heavy (non-hydrogen) atoms. The van der Waals surface area contributed by atoms with Crippen LogP contribution in [0.2, 0.25) is 0 Å². The number of hydrogen-bond donors (Lipinski definition) is 3. The first-order valence-electron chi connectivity index (χ1n) is 15.1. The molecule has 1 aromatic heterocycles. The number of hydrogen-bond acceptors (Lipinski definition) is 8. The van der Waals surface area contributed by atoms with Crippen LogP contribution < -0.4 is 5.32 Å². The highest BCUT2D eigenvalue weighted by atomic mass is 32.2. The maximum atomic E-state index is 12.0. The highest BCUT2D eigenvalue weighted by molar-refractivity contribution is 8.01. The summed E-state index contributed by atoms with van der Waals surface area (Å²) >= 11 is 3.39. The number of amides is 1. The Morgan fingerprint density at radius 1 is 0.870 bits per heavy atom. The average Bonchev–Trinajstić information content (AvgIpc) is 3.52. The number of aliphatic carboxylic acids is 1. The number of carbonyl (C=O) groups is 2. The molecule has 8 nitrogen and oxygen atoms in total. The van der Waals surface area contributed by atoms with Crippen LogP contribution in [0.4, 0.5) is 0 Å². The fourth-order valence-electron chi connectivity index (χ4n) is 5.33. The first-order valence-corrected chi connectivity index (χ1v) is 16.9. The molecule has 0 bridgehead atoms. The molecule has 1 aliphatic heterocycles. The lowest BCUT2D eigenvalue weighted by molar-refractivity contribution is -0.245. The van der Waals surface area contributed by atoms with Crippen molar-refractivity contribution in [1.82, 2.24) is 10.3 Å². The van der Waals surface area contributed by atoms with Crippen molar-refractivity contribution in [3.8, 4) is 11.1 Å². The van der Waals surface area contributed by atoms with Crippen molar-refractivity contribution in [1.29, 1.82) is 0 Å². The van der Waals surface area contributed by atoms with E-state index in [-0.39, 0.29) is 37.6 Å². The summed E-state index contributed by atoms with van der Waals surface area (Å²) in [4.78, 5) is 27.6. The van der Waals surface area contributed by atoms with Crippen LogP contribution >= 0.6 is 23.1 Å². The Morgan fingerprint density at radius 3 is 2.43 bits per heavy atom. The van der Waals surface area contributed by atoms with E-state index >= 15 is 0 Å². The summed E-state index contributed by atoms with van der Waals surface area (Å²) in [6, 6.07) is 32.0. The maximum Gasteiger partial charge on any atom is 0.303 e. The topological polar surface area (TPSA) is 118 Å². The van der Waals surface area contributed by atoms with Crippen LogP contribution in [0.1, 0.15) is 53.9 Å². The van der Waals surface area contributed by atoms with E-state index < -0.39 is 12.3 Å². The number of carboxylic acid groups (broad SMARTS) is 1. The molecule has 5 aromatic rings. The van der Waals surface area contributed by atoms with Crippen molar-refractivity contribution in [2.75, 3.05) is 5.75 Å². The summed E-state index contributed by atoms with van der Waals surface area (Å²) < 4.78 is 15.4. The lowest BCUT2D eigenvalue weighted by Gasteiger charge is -2.36. The molecule has 0 unspecified atom stereocenters. The second kappa shape index (κ2) is 15.0. The highest BCUT2D eigenvalue weighted by Gasteiger charge is 2.32. The quantitative estimate of drug-likeness (QED) is 0.120. The molecule has 1 fully saturated rings. The number of para-hydroxylation sites is 1. The molecule has 10 heteroatoms. The number of ether oxygens (including phenoxy) is 2. The Bertz CT molecular complexity index is 1780. The van der Waals surface area contributed by atoms with Crippen LogP contribution in [0.5, 0.6) is 0 Å². The number of nitrogens with zero attached hydrogens (tertiary/aromatic N) is 1. The van der Waals surface area contributed by atoms with Crippen LogP contribution in [0.15, 0.2) is 101 Å². The molecular formula is C36H34N2O6S2. The molecular weight excluding hydrogens is 621 g/mol. The number of aliphatic hydroxyl groups excluding tert-OH is 1. The number of fused-ring (bicyclic) bond motifs is 1. The molecule has 0 spiro atoms. The second-order valence-corrected chi connectivity index (χ2v) is 13.4. The average molecular weight is 655 g/mol. The summed E-state index contributed by atoms with van der Waals surface area (Å²) in [5, 5.41) is 21.2. The van der Waals surface area contributed by atoms with Crippen LogP contribution in [0.3, 0.4) is 0 Å². The van der Waals surface area contributed by atoms with Gasteiger partial charge in [-0.2, -0.15) is 0 Å². The molecule has 3 N–H and O–H groups in total. The van der Waals surface area contributed by atoms with Gasteiger partial charge in [0.25, 0.3) is 0 Å². The zero-order valence-corrected chi connectivity index (χ0v) is 26.6. The molecule has 1 amide bonds. The molecule has 1 aliphatic rings. The van der Waals surface area contributed by atoms with Crippen LogP contribution in [0.25, 0.3) is 21.3 Å². The number of thioether (sulfide) groups is 1. The molecule has 0 aliphatic carbocycles. The summed E-state index contributed by atoms with van der Waals surface area (Å²) in [5.41, 5.74) is 6.67. The van der Waals surface area contributed by atoms with Gasteiger partial charge < -0.3 is 25.0 Å². The van der Waals surface area contributed by atoms with E-state index in [1.54, 1.807) is 23.1 Å². The minimum atomic E-state index is -0.993. The van der Waals surface area contributed by atoms with Crippen molar-refractivity contribution < 1.29 is 29.3 Å². The third-order valence-electron chi connectivity index (χ3n) is 7.76. The van der Waals surface area contributed by atoms with Gasteiger partial charge in [-0.25, -0.2) is 4.98 Å². The number of rotatable bonds is 12. The van der Waals surface area contributed by atoms with Gasteiger partial charge in [0.2, 0.25) is 5.91 Å². The van der Waals surface area contributed by atoms with E-state index in [1.165, 1.54) is 4.70 Å². The minimum absolute atomic E-state index is 0.00986. The first-order chi connectivity index (χ1) is 22.4. The summed E-state index contributed by atoms with van der Waals surface area (Å²) in [5.74, 6) is -0.560. The maximum absolute atomic E-state index is 12.0. The molecule has 1 saturated heterocycles. The van der Waals surface area contributed by atoms with E-state index in [4.69, 9.17) is 19.6 Å². The van der Waals surface area contributed by atoms with E-state index in [1.807, 2.05) is 84.9 Å². The summed E-state index contributed by atoms with van der Waals surface area (Å²) in [6.07, 6.45) is -0.425. The number of benzene rings is 4. The number of aliphatic hydroxyl groups is 1. The van der Waals surface area contributed by atoms with Crippen molar-refractivity contribution in [2.24, 2.45) is 0 Å². The van der Waals surface area contributed by atoms with Gasteiger partial charge in [0.15, 0.2) is 10.6 Å². The lowest BCUT2D eigenvalue weighted by atomic mass is 9.99. The predicted molar refractivity (Wildman–Crippen MR) is 179 cm³/mol. The largest absolute Gasteiger partial charge is 0.481 e. The standard InChI is InChI=1S/C36H34N2O6S2/c39-21-23-11-13-25(14-12-23)31-19-29(22-45-36-38-30-9-1-2-10-32(30)46-36)43-35(44-31)28-8-4-7-27(18-28)26-6-3-5-24(17-26)20-37-33(40)15-16-34(41)42/h1-14,17-18,29,31,35,39H,15-16,19-22H2,(H,37,40)(H,41,42)/t29-,31+,35+/m1/s1. The van der Waals surface area contributed by atoms with Gasteiger partial charge in [-0.15, -0.1) is 11.3 Å². The molecule has 236 valence electrons. The minimum Gasteiger partial charge on any atom is -0.481 e. The Balaban J connectivity index is 1.19. The predicted octanol–water partition coefficient (Wildman–Crippen LogP) is 7.27. The van der Waals surface area contributed by atoms with E-state index in [9.17, 15) is 14.7 Å². The number of carbonyl (C=O) groups excluding carboxylic acids is 1. The van der Waals surface area contributed by atoms with Crippen molar-refractivity contribution in [3.63, 3.8) is 0 Å². The number of thiazole rings is 1. The van der Waals surface area contributed by atoms with E-state index in [0.29, 0.717) is 13.0 Å². The Morgan fingerprint density at radius 2 is 1.65 bits per heavy atom. The molecule has 6 rings (SSSR count). The van der Waals surface area contributed by atoms with Gasteiger partial charge in [-0.1, -0.05) is 84.6 Å². The highest BCUT2D eigenvalue weighted by Crippen LogP contribution is 2.41. The Kier molecular flexibility index (Phi) is 10.4. The zero-order valence-electron chi connectivity index (χ0n) is 25.0. The summed E-state index contributed by atoms with van der Waals surface area (Å²) in [7, 11) is 0.